The molecule has 0 saturated heterocycles. The predicted molar refractivity (Wildman–Crippen MR) is 115 cm³/mol. The zero-order valence-corrected chi connectivity index (χ0v) is 17.3. The van der Waals surface area contributed by atoms with Gasteiger partial charge in [0.15, 0.2) is 0 Å². The van der Waals surface area contributed by atoms with E-state index in [4.69, 9.17) is 4.74 Å². The van der Waals surface area contributed by atoms with Crippen LogP contribution in [0.2, 0.25) is 0 Å². The van der Waals surface area contributed by atoms with Gasteiger partial charge in [0.1, 0.15) is 5.82 Å². The molecule has 0 N–H and O–H groups in total. The zero-order chi connectivity index (χ0) is 21.1. The minimum Gasteiger partial charge on any atom is -0.469 e. The van der Waals surface area contributed by atoms with E-state index in [1.54, 1.807) is 12.1 Å². The average Bonchev–Trinajstić information content (AvgIpc) is 3.16. The number of benzene rings is 3. The highest BCUT2D eigenvalue weighted by Crippen LogP contribution is 2.45. The van der Waals surface area contributed by atoms with Crippen LogP contribution in [0.1, 0.15) is 41.3 Å². The zero-order valence-electron chi connectivity index (χ0n) is 17.3. The van der Waals surface area contributed by atoms with Crippen molar-refractivity contribution in [3.8, 4) is 0 Å². The Morgan fingerprint density at radius 2 is 1.73 bits per heavy atom. The summed E-state index contributed by atoms with van der Waals surface area (Å²) in [6.07, 6.45) is 0.555. The number of ether oxygens (including phenoxy) is 1. The molecule has 0 saturated carbocycles. The molecule has 154 valence electrons. The molecule has 0 radical (unpaired) electrons. The molecule has 3 aromatic carbocycles. The molecule has 0 aliphatic heterocycles. The van der Waals surface area contributed by atoms with Crippen molar-refractivity contribution in [2.24, 2.45) is 5.92 Å². The normalized spacial score (nSPS) is 18.8. The topological polar surface area (TPSA) is 29.5 Å². The van der Waals surface area contributed by atoms with Crippen molar-refractivity contribution in [1.82, 2.24) is 4.90 Å². The van der Waals surface area contributed by atoms with Crippen molar-refractivity contribution in [3.05, 3.63) is 107 Å². The van der Waals surface area contributed by atoms with Crippen LogP contribution >= 0.6 is 0 Å². The van der Waals surface area contributed by atoms with Crippen LogP contribution in [0.15, 0.2) is 78.9 Å². The summed E-state index contributed by atoms with van der Waals surface area (Å²) in [6.45, 7) is 2.79. The highest BCUT2D eigenvalue weighted by molar-refractivity contribution is 5.75. The van der Waals surface area contributed by atoms with Crippen molar-refractivity contribution < 1.29 is 13.9 Å². The third kappa shape index (κ3) is 4.01. The molecule has 3 aromatic rings. The molecule has 3 nitrogen and oxygen atoms in total. The van der Waals surface area contributed by atoms with Gasteiger partial charge in [-0.3, -0.25) is 9.69 Å². The van der Waals surface area contributed by atoms with Crippen molar-refractivity contribution >= 4 is 5.97 Å². The number of esters is 1. The number of nitrogens with zero attached hydrogens (tertiary/aromatic N) is 1. The predicted octanol–water partition coefficient (Wildman–Crippen LogP) is 5.48. The Morgan fingerprint density at radius 3 is 2.40 bits per heavy atom. The van der Waals surface area contributed by atoms with Gasteiger partial charge in [0.25, 0.3) is 0 Å². The number of methoxy groups -OCH3 is 1. The van der Waals surface area contributed by atoms with Gasteiger partial charge in [0, 0.05) is 18.6 Å². The molecule has 30 heavy (non-hydrogen) atoms. The number of carbonyl (C=O) groups is 1. The summed E-state index contributed by atoms with van der Waals surface area (Å²) in [5.41, 5.74) is 4.19. The summed E-state index contributed by atoms with van der Waals surface area (Å²) in [5, 5.41) is 0. The molecule has 1 aliphatic rings. The smallest absolute Gasteiger partial charge is 0.310 e. The minimum atomic E-state index is -0.373. The standard InChI is InChI=1S/C26H26FNO2/c1-18(20-11-7-4-8-12-20)28(17-19-9-5-3-6-10-19)25-23-16-22(27)14-13-21(23)15-24(25)26(29)30-2/h3-14,16,18,24-25H,15,17H2,1-2H3/t18-,24-,25-/m1/s1. The molecular weight excluding hydrogens is 377 g/mol. The highest BCUT2D eigenvalue weighted by Gasteiger charge is 2.43. The Hall–Kier alpha value is -2.98. The molecule has 0 spiro atoms. The summed E-state index contributed by atoms with van der Waals surface area (Å²) < 4.78 is 19.4. The van der Waals surface area contributed by atoms with Gasteiger partial charge in [-0.25, -0.2) is 4.39 Å². The molecular formula is C26H26FNO2. The first-order valence-electron chi connectivity index (χ1n) is 10.3. The lowest BCUT2D eigenvalue weighted by Crippen LogP contribution is -2.37. The SMILES string of the molecule is COC(=O)[C@@H]1Cc2ccc(F)cc2[C@H]1N(Cc1ccccc1)[C@H](C)c1ccccc1. The number of rotatable bonds is 6. The summed E-state index contributed by atoms with van der Waals surface area (Å²) in [4.78, 5) is 15.1. The second-order valence-corrected chi connectivity index (χ2v) is 7.87. The van der Waals surface area contributed by atoms with Crippen LogP contribution < -0.4 is 0 Å². The summed E-state index contributed by atoms with van der Waals surface area (Å²) in [7, 11) is 1.42. The molecule has 0 fully saturated rings. The third-order valence-electron chi connectivity index (χ3n) is 6.10. The second kappa shape index (κ2) is 8.80. The second-order valence-electron chi connectivity index (χ2n) is 7.87. The fourth-order valence-corrected chi connectivity index (χ4v) is 4.56. The van der Waals surface area contributed by atoms with E-state index >= 15 is 0 Å². The first-order chi connectivity index (χ1) is 14.6. The maximum absolute atomic E-state index is 14.2. The van der Waals surface area contributed by atoms with Gasteiger partial charge < -0.3 is 4.74 Å². The summed E-state index contributed by atoms with van der Waals surface area (Å²) >= 11 is 0. The molecule has 4 rings (SSSR count). The third-order valence-corrected chi connectivity index (χ3v) is 6.10. The lowest BCUT2D eigenvalue weighted by Gasteiger charge is -2.38. The van der Waals surface area contributed by atoms with Crippen LogP contribution in [0.4, 0.5) is 4.39 Å². The maximum atomic E-state index is 14.2. The Bertz CT molecular complexity index is 1010. The first-order valence-corrected chi connectivity index (χ1v) is 10.3. The van der Waals surface area contributed by atoms with Crippen molar-refractivity contribution in [2.45, 2.75) is 32.0 Å². The number of carbonyl (C=O) groups excluding carboxylic acids is 1. The van der Waals surface area contributed by atoms with Crippen LogP contribution in [0.3, 0.4) is 0 Å². The first kappa shape index (κ1) is 20.3. The highest BCUT2D eigenvalue weighted by atomic mass is 19.1. The van der Waals surface area contributed by atoms with E-state index in [1.807, 2.05) is 36.4 Å². The van der Waals surface area contributed by atoms with Gasteiger partial charge in [-0.05, 0) is 47.7 Å². The monoisotopic (exact) mass is 403 g/mol. The van der Waals surface area contributed by atoms with E-state index in [-0.39, 0.29) is 29.8 Å². The van der Waals surface area contributed by atoms with Crippen LogP contribution in [0.25, 0.3) is 0 Å². The molecule has 3 atom stereocenters. The van der Waals surface area contributed by atoms with Crippen molar-refractivity contribution in [1.29, 1.82) is 0 Å². The lowest BCUT2D eigenvalue weighted by molar-refractivity contribution is -0.148. The molecule has 0 amide bonds. The quantitative estimate of drug-likeness (QED) is 0.511. The lowest BCUT2D eigenvalue weighted by atomic mass is 9.94. The van der Waals surface area contributed by atoms with Crippen LogP contribution in [0.5, 0.6) is 0 Å². The largest absolute Gasteiger partial charge is 0.469 e. The van der Waals surface area contributed by atoms with E-state index in [2.05, 4.69) is 36.1 Å². The van der Waals surface area contributed by atoms with Gasteiger partial charge in [0.2, 0.25) is 0 Å². The maximum Gasteiger partial charge on any atom is 0.310 e. The van der Waals surface area contributed by atoms with E-state index in [0.717, 1.165) is 22.3 Å². The number of fused-ring (bicyclic) bond motifs is 1. The Morgan fingerprint density at radius 1 is 1.07 bits per heavy atom. The van der Waals surface area contributed by atoms with Gasteiger partial charge >= 0.3 is 5.97 Å². The Balaban J connectivity index is 1.81. The average molecular weight is 403 g/mol. The Labute approximate surface area is 177 Å². The molecule has 0 heterocycles. The van der Waals surface area contributed by atoms with Crippen molar-refractivity contribution in [2.75, 3.05) is 7.11 Å². The Kier molecular flexibility index (Phi) is 5.96. The minimum absolute atomic E-state index is 0.0257. The van der Waals surface area contributed by atoms with E-state index in [1.165, 1.54) is 13.2 Å². The van der Waals surface area contributed by atoms with Crippen LogP contribution in [-0.2, 0) is 22.5 Å². The number of hydrogen-bond donors (Lipinski definition) is 0. The molecule has 1 aliphatic carbocycles. The van der Waals surface area contributed by atoms with Crippen LogP contribution in [0, 0.1) is 11.7 Å². The van der Waals surface area contributed by atoms with Crippen molar-refractivity contribution in [3.63, 3.8) is 0 Å². The van der Waals surface area contributed by atoms with Crippen LogP contribution in [-0.4, -0.2) is 18.0 Å². The fraction of sp³-hybridized carbons (Fsp3) is 0.269. The van der Waals surface area contributed by atoms with E-state index in [0.29, 0.717) is 13.0 Å². The number of hydrogen-bond acceptors (Lipinski definition) is 3. The summed E-state index contributed by atoms with van der Waals surface area (Å²) in [5.74, 6) is -0.909. The van der Waals surface area contributed by atoms with Gasteiger partial charge in [0.05, 0.1) is 13.0 Å². The molecule has 0 aromatic heterocycles. The molecule has 4 heteroatoms. The van der Waals surface area contributed by atoms with Gasteiger partial charge in [-0.2, -0.15) is 0 Å². The van der Waals surface area contributed by atoms with Gasteiger partial charge in [-0.15, -0.1) is 0 Å². The fourth-order valence-electron chi connectivity index (χ4n) is 4.56. The van der Waals surface area contributed by atoms with E-state index < -0.39 is 0 Å². The van der Waals surface area contributed by atoms with Gasteiger partial charge in [-0.1, -0.05) is 66.7 Å². The summed E-state index contributed by atoms with van der Waals surface area (Å²) in [6, 6.07) is 25.0. The molecule has 0 bridgehead atoms. The van der Waals surface area contributed by atoms with E-state index in [9.17, 15) is 9.18 Å². The number of halogens is 1. The molecule has 0 unspecified atom stereocenters.